The third-order valence-electron chi connectivity index (χ3n) is 2.57. The molecule has 0 saturated heterocycles. The Morgan fingerprint density at radius 3 is 2.79 bits per heavy atom. The van der Waals surface area contributed by atoms with Crippen LogP contribution < -0.4 is 4.74 Å². The number of benzene rings is 1. The van der Waals surface area contributed by atoms with Gasteiger partial charge in [0.05, 0.1) is 11.6 Å². The Labute approximate surface area is 118 Å². The second-order valence-electron chi connectivity index (χ2n) is 3.96. The molecule has 0 amide bonds. The first-order chi connectivity index (χ1) is 9.10. The molecule has 1 aromatic carbocycles. The lowest BCUT2D eigenvalue weighted by atomic mass is 10.1. The van der Waals surface area contributed by atoms with Crippen molar-refractivity contribution < 1.29 is 9.13 Å². The molecule has 0 aliphatic heterocycles. The Morgan fingerprint density at radius 1 is 1.37 bits per heavy atom. The lowest BCUT2D eigenvalue weighted by molar-refractivity contribution is 0.287. The summed E-state index contributed by atoms with van der Waals surface area (Å²) in [6, 6.07) is 9.76. The van der Waals surface area contributed by atoms with Crippen LogP contribution in [-0.2, 0) is 6.61 Å². The van der Waals surface area contributed by atoms with Crippen LogP contribution in [-0.4, -0.2) is 4.98 Å². The van der Waals surface area contributed by atoms with Crippen LogP contribution in [0.25, 0.3) is 0 Å². The van der Waals surface area contributed by atoms with Crippen molar-refractivity contribution in [2.45, 2.75) is 13.5 Å². The van der Waals surface area contributed by atoms with Gasteiger partial charge in [-0.15, -0.1) is 0 Å². The van der Waals surface area contributed by atoms with E-state index in [1.54, 1.807) is 12.1 Å². The third kappa shape index (κ3) is 3.30. The van der Waals surface area contributed by atoms with Crippen LogP contribution >= 0.6 is 15.9 Å². The van der Waals surface area contributed by atoms with Gasteiger partial charge in [0, 0.05) is 11.6 Å². The van der Waals surface area contributed by atoms with Crippen molar-refractivity contribution in [2.24, 2.45) is 0 Å². The zero-order valence-electron chi connectivity index (χ0n) is 10.2. The molecule has 0 N–H and O–H groups in total. The molecule has 19 heavy (non-hydrogen) atoms. The van der Waals surface area contributed by atoms with Gasteiger partial charge in [0.25, 0.3) is 0 Å². The first-order valence-electron chi connectivity index (χ1n) is 5.54. The summed E-state index contributed by atoms with van der Waals surface area (Å²) in [5.41, 5.74) is 1.67. The number of pyridine rings is 1. The molecule has 0 aliphatic carbocycles. The molecule has 0 unspecified atom stereocenters. The molecule has 0 atom stereocenters. The smallest absolute Gasteiger partial charge is 0.214 e. The summed E-state index contributed by atoms with van der Waals surface area (Å²) in [5.74, 6) is -0.0357. The van der Waals surface area contributed by atoms with E-state index in [9.17, 15) is 4.39 Å². The van der Waals surface area contributed by atoms with Gasteiger partial charge in [0.1, 0.15) is 17.0 Å². The summed E-state index contributed by atoms with van der Waals surface area (Å²) in [6.45, 7) is 1.99. The summed E-state index contributed by atoms with van der Waals surface area (Å²) in [6.07, 6.45) is 0. The Morgan fingerprint density at radius 2 is 2.16 bits per heavy atom. The second kappa shape index (κ2) is 5.81. The van der Waals surface area contributed by atoms with Crippen molar-refractivity contribution in [2.75, 3.05) is 0 Å². The number of rotatable bonds is 3. The number of halogens is 2. The minimum atomic E-state index is -0.453. The minimum Gasteiger partial charge on any atom is -0.473 e. The summed E-state index contributed by atoms with van der Waals surface area (Å²) < 4.78 is 19.7. The van der Waals surface area contributed by atoms with E-state index in [0.29, 0.717) is 16.0 Å². The fourth-order valence-electron chi connectivity index (χ4n) is 1.45. The highest BCUT2D eigenvalue weighted by molar-refractivity contribution is 9.10. The molecule has 0 bridgehead atoms. The maximum atomic E-state index is 13.6. The molecule has 1 aromatic heterocycles. The fraction of sp³-hybridized carbons (Fsp3) is 0.143. The first kappa shape index (κ1) is 13.5. The van der Waals surface area contributed by atoms with Crippen molar-refractivity contribution in [1.82, 2.24) is 4.98 Å². The second-order valence-corrected chi connectivity index (χ2v) is 4.72. The quantitative estimate of drug-likeness (QED) is 0.809. The van der Waals surface area contributed by atoms with Crippen LogP contribution in [0.2, 0.25) is 0 Å². The number of nitriles is 1. The summed E-state index contributed by atoms with van der Waals surface area (Å²) in [4.78, 5) is 4.17. The molecule has 2 aromatic rings. The maximum absolute atomic E-state index is 13.6. The predicted octanol–water partition coefficient (Wildman–Crippen LogP) is 3.74. The average Bonchev–Trinajstić information content (AvgIpc) is 2.41. The third-order valence-corrected chi connectivity index (χ3v) is 3.37. The van der Waals surface area contributed by atoms with Crippen LogP contribution in [0.4, 0.5) is 4.39 Å². The van der Waals surface area contributed by atoms with E-state index < -0.39 is 5.82 Å². The minimum absolute atomic E-state index is 0.0695. The number of ether oxygens (including phenoxy) is 1. The predicted molar refractivity (Wildman–Crippen MR) is 72.1 cm³/mol. The van der Waals surface area contributed by atoms with E-state index in [-0.39, 0.29) is 12.2 Å². The average molecular weight is 321 g/mol. The first-order valence-corrected chi connectivity index (χ1v) is 6.34. The molecule has 0 radical (unpaired) electrons. The highest BCUT2D eigenvalue weighted by atomic mass is 79.9. The summed E-state index contributed by atoms with van der Waals surface area (Å²) in [5, 5.41) is 8.65. The Kier molecular flexibility index (Phi) is 4.13. The summed E-state index contributed by atoms with van der Waals surface area (Å²) >= 11 is 3.30. The Balaban J connectivity index is 2.10. The molecular formula is C14H10BrFN2O. The number of nitrogens with zero attached hydrogens (tertiary/aromatic N) is 2. The lowest BCUT2D eigenvalue weighted by Crippen LogP contribution is -2.00. The molecule has 0 saturated carbocycles. The normalized spacial score (nSPS) is 10.0. The standard InChI is InChI=1S/C14H10BrFN2O/c1-9-2-5-13(18-14(9)15)19-8-11-4-3-10(7-17)6-12(11)16/h2-6H,8H2,1H3. The van der Waals surface area contributed by atoms with Gasteiger partial charge in [-0.2, -0.15) is 5.26 Å². The van der Waals surface area contributed by atoms with Crippen LogP contribution in [0.1, 0.15) is 16.7 Å². The van der Waals surface area contributed by atoms with Crippen molar-refractivity contribution >= 4 is 15.9 Å². The monoisotopic (exact) mass is 320 g/mol. The van der Waals surface area contributed by atoms with E-state index in [2.05, 4.69) is 20.9 Å². The molecule has 3 nitrogen and oxygen atoms in total. The van der Waals surface area contributed by atoms with E-state index in [1.807, 2.05) is 19.1 Å². The van der Waals surface area contributed by atoms with E-state index in [0.717, 1.165) is 5.56 Å². The molecule has 5 heteroatoms. The molecule has 0 spiro atoms. The SMILES string of the molecule is Cc1ccc(OCc2ccc(C#N)cc2F)nc1Br. The van der Waals surface area contributed by atoms with Crippen molar-refractivity contribution in [1.29, 1.82) is 5.26 Å². The largest absolute Gasteiger partial charge is 0.473 e. The molecule has 0 aliphatic rings. The van der Waals surface area contributed by atoms with E-state index in [4.69, 9.17) is 10.00 Å². The van der Waals surface area contributed by atoms with Crippen molar-refractivity contribution in [3.63, 3.8) is 0 Å². The molecule has 96 valence electrons. The van der Waals surface area contributed by atoms with Gasteiger partial charge in [-0.05, 0) is 40.5 Å². The molecule has 1 heterocycles. The van der Waals surface area contributed by atoms with Crippen LogP contribution in [0.5, 0.6) is 5.88 Å². The van der Waals surface area contributed by atoms with Crippen molar-refractivity contribution in [3.05, 3.63) is 57.4 Å². The number of aromatic nitrogens is 1. The molecule has 2 rings (SSSR count). The molecular weight excluding hydrogens is 311 g/mol. The highest BCUT2D eigenvalue weighted by Crippen LogP contribution is 2.19. The van der Waals surface area contributed by atoms with Gasteiger partial charge >= 0.3 is 0 Å². The van der Waals surface area contributed by atoms with Gasteiger partial charge in [0.15, 0.2) is 0 Å². The zero-order valence-corrected chi connectivity index (χ0v) is 11.7. The maximum Gasteiger partial charge on any atom is 0.214 e. The Hall–Kier alpha value is -1.93. The van der Waals surface area contributed by atoms with Gasteiger partial charge in [-0.25, -0.2) is 9.37 Å². The van der Waals surface area contributed by atoms with Crippen LogP contribution in [0, 0.1) is 24.1 Å². The summed E-state index contributed by atoms with van der Waals surface area (Å²) in [7, 11) is 0. The van der Waals surface area contributed by atoms with Gasteiger partial charge in [-0.1, -0.05) is 12.1 Å². The zero-order chi connectivity index (χ0) is 13.8. The molecule has 0 fully saturated rings. The van der Waals surface area contributed by atoms with Gasteiger partial charge in [0.2, 0.25) is 5.88 Å². The van der Waals surface area contributed by atoms with Gasteiger partial charge in [-0.3, -0.25) is 0 Å². The lowest BCUT2D eigenvalue weighted by Gasteiger charge is -2.07. The number of hydrogen-bond acceptors (Lipinski definition) is 3. The van der Waals surface area contributed by atoms with Crippen LogP contribution in [0.15, 0.2) is 34.9 Å². The van der Waals surface area contributed by atoms with Crippen molar-refractivity contribution in [3.8, 4) is 11.9 Å². The Bertz CT molecular complexity index is 652. The highest BCUT2D eigenvalue weighted by Gasteiger charge is 2.06. The fourth-order valence-corrected chi connectivity index (χ4v) is 1.76. The topological polar surface area (TPSA) is 45.9 Å². The van der Waals surface area contributed by atoms with E-state index in [1.165, 1.54) is 12.1 Å². The number of aryl methyl sites for hydroxylation is 1. The van der Waals surface area contributed by atoms with E-state index >= 15 is 0 Å². The van der Waals surface area contributed by atoms with Gasteiger partial charge < -0.3 is 4.74 Å². The number of hydrogen-bond donors (Lipinski definition) is 0. The van der Waals surface area contributed by atoms with Crippen LogP contribution in [0.3, 0.4) is 0 Å².